The highest BCUT2D eigenvalue weighted by Crippen LogP contribution is 2.24. The van der Waals surface area contributed by atoms with Crippen molar-refractivity contribution in [1.29, 1.82) is 0 Å². The molecule has 1 heterocycles. The maximum atomic E-state index is 13.6. The fourth-order valence-electron chi connectivity index (χ4n) is 1.79. The van der Waals surface area contributed by atoms with Gasteiger partial charge in [-0.25, -0.2) is 9.18 Å². The summed E-state index contributed by atoms with van der Waals surface area (Å²) in [7, 11) is 0. The Labute approximate surface area is 117 Å². The summed E-state index contributed by atoms with van der Waals surface area (Å²) < 4.78 is 18.6. The highest BCUT2D eigenvalue weighted by Gasteiger charge is 2.32. The summed E-state index contributed by atoms with van der Waals surface area (Å²) >= 11 is 5.20. The third-order valence-corrected chi connectivity index (χ3v) is 2.90. The first-order valence-electron chi connectivity index (χ1n) is 5.51. The van der Waals surface area contributed by atoms with E-state index in [2.05, 4.69) is 10.0 Å². The lowest BCUT2D eigenvalue weighted by Crippen LogP contribution is -2.25. The Bertz CT molecular complexity index is 618. The van der Waals surface area contributed by atoms with Gasteiger partial charge in [0.15, 0.2) is 0 Å². The van der Waals surface area contributed by atoms with Gasteiger partial charge >= 0.3 is 6.09 Å². The highest BCUT2D eigenvalue weighted by molar-refractivity contribution is 6.67. The normalized spacial score (nSPS) is 17.6. The standard InChI is InChI=1S/C11H8ClFN4O3/c12-10(18)8-2-1-6(3-9(8)13)17-5-7(4-15-16-14)20-11(17)19/h1-3,7H,4-5H2/t7-/m1/s1. The van der Waals surface area contributed by atoms with Crippen molar-refractivity contribution in [3.63, 3.8) is 0 Å². The number of azide groups is 1. The molecule has 0 N–H and O–H groups in total. The molecule has 9 heteroatoms. The number of hydrogen-bond donors (Lipinski definition) is 0. The number of carbonyl (C=O) groups is 2. The molecular formula is C11H8ClFN4O3. The lowest BCUT2D eigenvalue weighted by molar-refractivity contribution is 0.107. The molecule has 0 bridgehead atoms. The predicted octanol–water partition coefficient (Wildman–Crippen LogP) is 2.84. The Morgan fingerprint density at radius 1 is 1.65 bits per heavy atom. The Balaban J connectivity index is 2.20. The summed E-state index contributed by atoms with van der Waals surface area (Å²) in [4.78, 5) is 26.3. The number of benzene rings is 1. The number of rotatable bonds is 4. The number of ether oxygens (including phenoxy) is 1. The van der Waals surface area contributed by atoms with Crippen molar-refractivity contribution >= 4 is 28.6 Å². The molecule has 7 nitrogen and oxygen atoms in total. The van der Waals surface area contributed by atoms with E-state index < -0.39 is 23.3 Å². The molecule has 0 spiro atoms. The van der Waals surface area contributed by atoms with E-state index in [1.807, 2.05) is 0 Å². The van der Waals surface area contributed by atoms with Gasteiger partial charge in [-0.2, -0.15) is 0 Å². The zero-order valence-corrected chi connectivity index (χ0v) is 10.7. The van der Waals surface area contributed by atoms with Crippen LogP contribution >= 0.6 is 11.6 Å². The van der Waals surface area contributed by atoms with E-state index in [0.717, 1.165) is 6.07 Å². The lowest BCUT2D eigenvalue weighted by Gasteiger charge is -2.13. The van der Waals surface area contributed by atoms with Gasteiger partial charge in [-0.05, 0) is 35.3 Å². The van der Waals surface area contributed by atoms with Gasteiger partial charge < -0.3 is 4.74 Å². The first-order chi connectivity index (χ1) is 9.52. The highest BCUT2D eigenvalue weighted by atomic mass is 35.5. The van der Waals surface area contributed by atoms with Crippen LogP contribution < -0.4 is 4.90 Å². The molecule has 1 aliphatic rings. The fourth-order valence-corrected chi connectivity index (χ4v) is 1.94. The van der Waals surface area contributed by atoms with Gasteiger partial charge in [0.25, 0.3) is 5.24 Å². The average Bonchev–Trinajstić information content (AvgIpc) is 2.77. The quantitative estimate of drug-likeness (QED) is 0.370. The SMILES string of the molecule is [N-]=[N+]=NC[C@@H]1CN(c2ccc(C(=O)Cl)c(F)c2)C(=O)O1. The topological polar surface area (TPSA) is 95.4 Å². The van der Waals surface area contributed by atoms with Crippen LogP contribution in [0.2, 0.25) is 0 Å². The number of hydrogen-bond acceptors (Lipinski definition) is 4. The van der Waals surface area contributed by atoms with Crippen LogP contribution in [0.4, 0.5) is 14.9 Å². The second kappa shape index (κ2) is 5.77. The number of amides is 1. The van der Waals surface area contributed by atoms with Crippen LogP contribution in [0.1, 0.15) is 10.4 Å². The van der Waals surface area contributed by atoms with Crippen LogP contribution in [-0.2, 0) is 4.74 Å². The van der Waals surface area contributed by atoms with Crippen LogP contribution in [0.3, 0.4) is 0 Å². The predicted molar refractivity (Wildman–Crippen MR) is 68.2 cm³/mol. The molecule has 0 radical (unpaired) electrons. The van der Waals surface area contributed by atoms with Gasteiger partial charge in [-0.15, -0.1) is 0 Å². The van der Waals surface area contributed by atoms with Crippen molar-refractivity contribution < 1.29 is 18.7 Å². The zero-order chi connectivity index (χ0) is 14.7. The van der Waals surface area contributed by atoms with Gasteiger partial charge in [0.2, 0.25) is 0 Å². The van der Waals surface area contributed by atoms with Crippen molar-refractivity contribution in [1.82, 2.24) is 0 Å². The van der Waals surface area contributed by atoms with E-state index in [1.165, 1.54) is 17.0 Å². The van der Waals surface area contributed by atoms with E-state index in [9.17, 15) is 14.0 Å². The molecule has 0 unspecified atom stereocenters. The molecule has 2 rings (SSSR count). The first-order valence-corrected chi connectivity index (χ1v) is 5.89. The molecule has 0 aromatic heterocycles. The third-order valence-electron chi connectivity index (χ3n) is 2.70. The van der Waals surface area contributed by atoms with Crippen LogP contribution in [0.5, 0.6) is 0 Å². The number of carbonyl (C=O) groups excluding carboxylic acids is 2. The molecule has 1 aliphatic heterocycles. The second-order valence-corrected chi connectivity index (χ2v) is 4.31. The summed E-state index contributed by atoms with van der Waals surface area (Å²) in [6.45, 7) is 0.130. The molecule has 1 aromatic carbocycles. The number of halogens is 2. The molecule has 1 atom stereocenters. The summed E-state index contributed by atoms with van der Waals surface area (Å²) in [6, 6.07) is 3.59. The van der Waals surface area contributed by atoms with Gasteiger partial charge in [0, 0.05) is 4.91 Å². The van der Waals surface area contributed by atoms with Gasteiger partial charge in [0.1, 0.15) is 11.9 Å². The molecule has 104 valence electrons. The zero-order valence-electron chi connectivity index (χ0n) is 9.99. The van der Waals surface area contributed by atoms with Gasteiger partial charge in [0.05, 0.1) is 24.3 Å². The van der Waals surface area contributed by atoms with E-state index in [1.54, 1.807) is 0 Å². The Morgan fingerprint density at radius 3 is 3.00 bits per heavy atom. The van der Waals surface area contributed by atoms with E-state index >= 15 is 0 Å². The van der Waals surface area contributed by atoms with Crippen molar-refractivity contribution in [2.75, 3.05) is 18.0 Å². The number of nitrogens with zero attached hydrogens (tertiary/aromatic N) is 4. The van der Waals surface area contributed by atoms with E-state index in [-0.39, 0.29) is 24.3 Å². The molecule has 0 aliphatic carbocycles. The molecule has 1 fully saturated rings. The first kappa shape index (κ1) is 14.1. The maximum Gasteiger partial charge on any atom is 0.414 e. The van der Waals surface area contributed by atoms with Crippen molar-refractivity contribution in [2.45, 2.75) is 6.10 Å². The summed E-state index contributed by atoms with van der Waals surface area (Å²) in [5.41, 5.74) is 8.17. The Hall–Kier alpha value is -2.31. The smallest absolute Gasteiger partial charge is 0.414 e. The number of anilines is 1. The fraction of sp³-hybridized carbons (Fsp3) is 0.273. The third kappa shape index (κ3) is 2.81. The minimum atomic E-state index is -0.917. The largest absolute Gasteiger partial charge is 0.444 e. The molecule has 20 heavy (non-hydrogen) atoms. The molecular weight excluding hydrogens is 291 g/mol. The monoisotopic (exact) mass is 298 g/mol. The summed E-state index contributed by atoms with van der Waals surface area (Å²) in [5.74, 6) is -0.825. The van der Waals surface area contributed by atoms with Gasteiger partial charge in [-0.1, -0.05) is 5.11 Å². The van der Waals surface area contributed by atoms with E-state index in [0.29, 0.717) is 0 Å². The molecule has 1 saturated heterocycles. The number of cyclic esters (lactones) is 1. The summed E-state index contributed by atoms with van der Waals surface area (Å²) in [5, 5.41) is 2.39. The Morgan fingerprint density at radius 2 is 2.40 bits per heavy atom. The molecule has 1 amide bonds. The molecule has 1 aromatic rings. The lowest BCUT2D eigenvalue weighted by atomic mass is 10.2. The van der Waals surface area contributed by atoms with Crippen molar-refractivity contribution in [3.8, 4) is 0 Å². The van der Waals surface area contributed by atoms with Crippen LogP contribution in [0.15, 0.2) is 23.3 Å². The maximum absolute atomic E-state index is 13.6. The van der Waals surface area contributed by atoms with Crippen LogP contribution in [-0.4, -0.2) is 30.5 Å². The van der Waals surface area contributed by atoms with Gasteiger partial charge in [-0.3, -0.25) is 9.69 Å². The molecule has 0 saturated carbocycles. The average molecular weight is 299 g/mol. The van der Waals surface area contributed by atoms with E-state index in [4.69, 9.17) is 21.9 Å². The van der Waals surface area contributed by atoms with Crippen molar-refractivity contribution in [2.24, 2.45) is 5.11 Å². The van der Waals surface area contributed by atoms with Crippen LogP contribution in [0.25, 0.3) is 10.4 Å². The Kier molecular flexibility index (Phi) is 4.07. The minimum Gasteiger partial charge on any atom is -0.444 e. The second-order valence-electron chi connectivity index (χ2n) is 3.97. The van der Waals surface area contributed by atoms with Crippen molar-refractivity contribution in [3.05, 3.63) is 40.0 Å². The summed E-state index contributed by atoms with van der Waals surface area (Å²) in [6.07, 6.45) is -1.26. The van der Waals surface area contributed by atoms with Crippen LogP contribution in [0, 0.1) is 5.82 Å². The minimum absolute atomic E-state index is 0.000524.